The fraction of sp³-hybridized carbons (Fsp3) is 0.231. The van der Waals surface area contributed by atoms with Crippen molar-refractivity contribution >= 4 is 5.90 Å². The average Bonchev–Trinajstić information content (AvgIpc) is 3.00. The van der Waals surface area contributed by atoms with E-state index >= 15 is 0 Å². The van der Waals surface area contributed by atoms with Crippen molar-refractivity contribution in [2.45, 2.75) is 13.1 Å². The molecule has 0 saturated carbocycles. The van der Waals surface area contributed by atoms with E-state index in [-0.39, 0.29) is 6.17 Å². The molecule has 0 fully saturated rings. The lowest BCUT2D eigenvalue weighted by atomic mass is 10.1. The maximum atomic E-state index is 5.62. The molecule has 2 heterocycles. The van der Waals surface area contributed by atoms with Crippen molar-refractivity contribution in [1.29, 1.82) is 0 Å². The normalized spacial score (nSPS) is 18.9. The first kappa shape index (κ1) is 10.1. The summed E-state index contributed by atoms with van der Waals surface area (Å²) in [5.74, 6) is 0.703. The lowest BCUT2D eigenvalue weighted by Crippen LogP contribution is -2.08. The molecule has 0 saturated heterocycles. The third-order valence-corrected chi connectivity index (χ3v) is 2.73. The van der Waals surface area contributed by atoms with Gasteiger partial charge in [-0.2, -0.15) is 5.10 Å². The van der Waals surface area contributed by atoms with E-state index in [1.807, 2.05) is 29.1 Å². The van der Waals surface area contributed by atoms with Crippen LogP contribution < -0.4 is 0 Å². The molecule has 0 bridgehead atoms. The second-order valence-electron chi connectivity index (χ2n) is 4.08. The molecular formula is C13H13N3O. The first-order valence-corrected chi connectivity index (χ1v) is 5.60. The van der Waals surface area contributed by atoms with Crippen molar-refractivity contribution in [2.75, 3.05) is 6.61 Å². The number of nitrogens with zero attached hydrogens (tertiary/aromatic N) is 3. The van der Waals surface area contributed by atoms with Crippen LogP contribution in [0.4, 0.5) is 0 Å². The summed E-state index contributed by atoms with van der Waals surface area (Å²) < 4.78 is 7.43. The highest BCUT2D eigenvalue weighted by Crippen LogP contribution is 2.19. The van der Waals surface area contributed by atoms with Gasteiger partial charge in [0.25, 0.3) is 0 Å². The molecule has 4 heteroatoms. The minimum Gasteiger partial charge on any atom is -0.473 e. The SMILES string of the molecule is Cc1cccc(C2=NC(n3cccn3)CO2)c1. The summed E-state index contributed by atoms with van der Waals surface area (Å²) in [4.78, 5) is 4.54. The standard InChI is InChI=1S/C13H13N3O/c1-10-4-2-5-11(8-10)13-15-12(9-17-13)16-7-3-6-14-16/h2-8,12H,9H2,1H3. The Morgan fingerprint density at radius 1 is 1.35 bits per heavy atom. The van der Waals surface area contributed by atoms with Crippen LogP contribution in [0.25, 0.3) is 0 Å². The molecule has 0 spiro atoms. The molecule has 1 unspecified atom stereocenters. The quantitative estimate of drug-likeness (QED) is 0.788. The summed E-state index contributed by atoms with van der Waals surface area (Å²) >= 11 is 0. The van der Waals surface area contributed by atoms with Crippen LogP contribution in [-0.4, -0.2) is 22.3 Å². The molecule has 1 atom stereocenters. The third-order valence-electron chi connectivity index (χ3n) is 2.73. The molecule has 1 aromatic heterocycles. The maximum absolute atomic E-state index is 5.62. The van der Waals surface area contributed by atoms with Crippen molar-refractivity contribution in [3.05, 3.63) is 53.9 Å². The zero-order valence-corrected chi connectivity index (χ0v) is 9.58. The topological polar surface area (TPSA) is 39.4 Å². The van der Waals surface area contributed by atoms with Crippen LogP contribution in [0, 0.1) is 6.92 Å². The molecule has 4 nitrogen and oxygen atoms in total. The largest absolute Gasteiger partial charge is 0.473 e. The molecule has 1 aromatic carbocycles. The van der Waals surface area contributed by atoms with E-state index in [4.69, 9.17) is 4.74 Å². The van der Waals surface area contributed by atoms with Crippen molar-refractivity contribution in [2.24, 2.45) is 4.99 Å². The van der Waals surface area contributed by atoms with Crippen LogP contribution in [0.15, 0.2) is 47.7 Å². The Labute approximate surface area is 99.6 Å². The first-order chi connectivity index (χ1) is 8.33. The Morgan fingerprint density at radius 3 is 3.06 bits per heavy atom. The van der Waals surface area contributed by atoms with Crippen LogP contribution in [-0.2, 0) is 4.74 Å². The van der Waals surface area contributed by atoms with Gasteiger partial charge in [0.1, 0.15) is 6.61 Å². The summed E-state index contributed by atoms with van der Waals surface area (Å²) in [6.07, 6.45) is 3.61. The van der Waals surface area contributed by atoms with Gasteiger partial charge in [0, 0.05) is 18.0 Å². The second kappa shape index (κ2) is 4.05. The summed E-state index contributed by atoms with van der Waals surface area (Å²) in [7, 11) is 0. The molecule has 3 rings (SSSR count). The first-order valence-electron chi connectivity index (χ1n) is 5.60. The van der Waals surface area contributed by atoms with Crippen LogP contribution in [0.1, 0.15) is 17.3 Å². The molecule has 1 aliphatic rings. The Morgan fingerprint density at radius 2 is 2.29 bits per heavy atom. The minimum absolute atomic E-state index is 0.0412. The molecule has 0 aliphatic carbocycles. The smallest absolute Gasteiger partial charge is 0.218 e. The van der Waals surface area contributed by atoms with Gasteiger partial charge in [-0.1, -0.05) is 17.7 Å². The van der Waals surface area contributed by atoms with Gasteiger partial charge in [0.15, 0.2) is 6.17 Å². The summed E-state index contributed by atoms with van der Waals surface area (Å²) in [6, 6.07) is 10.0. The third kappa shape index (κ3) is 1.93. The van der Waals surface area contributed by atoms with Gasteiger partial charge in [-0.05, 0) is 25.1 Å². The molecular weight excluding hydrogens is 214 g/mol. The summed E-state index contributed by atoms with van der Waals surface area (Å²) in [5, 5.41) is 4.17. The average molecular weight is 227 g/mol. The van der Waals surface area contributed by atoms with Crippen LogP contribution in [0.3, 0.4) is 0 Å². The van der Waals surface area contributed by atoms with Gasteiger partial charge in [-0.3, -0.25) is 0 Å². The number of rotatable bonds is 2. The van der Waals surface area contributed by atoms with Crippen LogP contribution >= 0.6 is 0 Å². The Kier molecular flexibility index (Phi) is 2.40. The maximum Gasteiger partial charge on any atom is 0.218 e. The number of aliphatic imine (C=N–C) groups is 1. The summed E-state index contributed by atoms with van der Waals surface area (Å²) in [5.41, 5.74) is 2.23. The van der Waals surface area contributed by atoms with Gasteiger partial charge in [0.2, 0.25) is 5.90 Å². The van der Waals surface area contributed by atoms with Crippen molar-refractivity contribution < 1.29 is 4.74 Å². The number of hydrogen-bond acceptors (Lipinski definition) is 3. The Balaban J connectivity index is 1.89. The lowest BCUT2D eigenvalue weighted by molar-refractivity contribution is 0.278. The van der Waals surface area contributed by atoms with E-state index in [0.29, 0.717) is 12.5 Å². The highest BCUT2D eigenvalue weighted by Gasteiger charge is 2.21. The van der Waals surface area contributed by atoms with Crippen molar-refractivity contribution in [3.63, 3.8) is 0 Å². The van der Waals surface area contributed by atoms with E-state index in [1.54, 1.807) is 6.20 Å². The van der Waals surface area contributed by atoms with Gasteiger partial charge in [0.05, 0.1) is 0 Å². The van der Waals surface area contributed by atoms with Gasteiger partial charge < -0.3 is 4.74 Å². The predicted octanol–water partition coefficient (Wildman–Crippen LogP) is 2.17. The van der Waals surface area contributed by atoms with Crippen molar-refractivity contribution in [1.82, 2.24) is 9.78 Å². The highest BCUT2D eigenvalue weighted by molar-refractivity contribution is 5.95. The second-order valence-corrected chi connectivity index (χ2v) is 4.08. The fourth-order valence-electron chi connectivity index (χ4n) is 1.89. The van der Waals surface area contributed by atoms with E-state index in [9.17, 15) is 0 Å². The molecule has 17 heavy (non-hydrogen) atoms. The van der Waals surface area contributed by atoms with Crippen LogP contribution in [0.5, 0.6) is 0 Å². The monoisotopic (exact) mass is 227 g/mol. The molecule has 1 aliphatic heterocycles. The van der Waals surface area contributed by atoms with E-state index < -0.39 is 0 Å². The number of hydrogen-bond donors (Lipinski definition) is 0. The zero-order valence-electron chi connectivity index (χ0n) is 9.58. The predicted molar refractivity (Wildman–Crippen MR) is 64.9 cm³/mol. The number of aromatic nitrogens is 2. The number of benzene rings is 1. The van der Waals surface area contributed by atoms with E-state index in [0.717, 1.165) is 5.56 Å². The molecule has 86 valence electrons. The van der Waals surface area contributed by atoms with Crippen LogP contribution in [0.2, 0.25) is 0 Å². The van der Waals surface area contributed by atoms with Gasteiger partial charge >= 0.3 is 0 Å². The molecule has 2 aromatic rings. The molecule has 0 radical (unpaired) electrons. The minimum atomic E-state index is -0.0412. The Hall–Kier alpha value is -2.10. The highest BCUT2D eigenvalue weighted by atomic mass is 16.5. The fourth-order valence-corrected chi connectivity index (χ4v) is 1.89. The number of aryl methyl sites for hydroxylation is 1. The molecule has 0 N–H and O–H groups in total. The van der Waals surface area contributed by atoms with Crippen molar-refractivity contribution in [3.8, 4) is 0 Å². The van der Waals surface area contributed by atoms with Gasteiger partial charge in [-0.15, -0.1) is 0 Å². The Bertz CT molecular complexity index is 546. The lowest BCUT2D eigenvalue weighted by Gasteiger charge is -2.03. The number of ether oxygens (including phenoxy) is 1. The molecule has 0 amide bonds. The zero-order chi connectivity index (χ0) is 11.7. The van der Waals surface area contributed by atoms with Gasteiger partial charge in [-0.25, -0.2) is 9.67 Å². The summed E-state index contributed by atoms with van der Waals surface area (Å²) in [6.45, 7) is 2.61. The van der Waals surface area contributed by atoms with E-state index in [1.165, 1.54) is 5.56 Å². The van der Waals surface area contributed by atoms with E-state index in [2.05, 4.69) is 29.1 Å².